The van der Waals surface area contributed by atoms with Crippen LogP contribution in [-0.2, 0) is 28.9 Å². The second-order valence-corrected chi connectivity index (χ2v) is 8.26. The van der Waals surface area contributed by atoms with Crippen LogP contribution in [0.1, 0.15) is 61.7 Å². The predicted molar refractivity (Wildman–Crippen MR) is 128 cm³/mol. The van der Waals surface area contributed by atoms with Gasteiger partial charge in [0.2, 0.25) is 0 Å². The van der Waals surface area contributed by atoms with Crippen LogP contribution in [0.15, 0.2) is 52.6 Å². The summed E-state index contributed by atoms with van der Waals surface area (Å²) in [4.78, 5) is 17.0. The molecular formula is C26H31ClN2O3. The average Bonchev–Trinajstić information content (AvgIpc) is 3.34. The molecule has 2 heterocycles. The Bertz CT molecular complexity index is 1060. The molecule has 0 unspecified atom stereocenters. The van der Waals surface area contributed by atoms with Crippen molar-refractivity contribution in [3.8, 4) is 0 Å². The zero-order valence-electron chi connectivity index (χ0n) is 19.1. The molecule has 0 aliphatic rings. The molecule has 6 heteroatoms. The van der Waals surface area contributed by atoms with Crippen LogP contribution in [0.4, 0.5) is 0 Å². The number of rotatable bonds is 11. The number of nitrogens with zero attached hydrogens (tertiary/aromatic N) is 2. The summed E-state index contributed by atoms with van der Waals surface area (Å²) in [6.45, 7) is 6.88. The van der Waals surface area contributed by atoms with Crippen molar-refractivity contribution in [2.24, 2.45) is 0 Å². The minimum atomic E-state index is -0.245. The van der Waals surface area contributed by atoms with Crippen LogP contribution in [-0.4, -0.2) is 22.1 Å². The number of aryl methyl sites for hydroxylation is 2. The molecule has 0 radical (unpaired) electrons. The molecule has 0 aliphatic carbocycles. The second-order valence-electron chi connectivity index (χ2n) is 7.85. The molecule has 2 aromatic heterocycles. The zero-order chi connectivity index (χ0) is 22.9. The first-order valence-corrected chi connectivity index (χ1v) is 11.6. The number of aromatic nitrogens is 2. The van der Waals surface area contributed by atoms with Crippen molar-refractivity contribution in [2.75, 3.05) is 6.61 Å². The van der Waals surface area contributed by atoms with Gasteiger partial charge in [-0.05, 0) is 55.7 Å². The molecule has 0 aliphatic heterocycles. The standard InChI is InChI=1S/C26H31ClN2O3/c1-4-6-11-25-28-17-22(29(25)18-21-9-7-8-10-24(21)27)14-20(16-26(30)31-5-2)15-23-13-12-19(3)32-23/h7-10,12-14,17H,4-6,11,15-16,18H2,1-3H3/b20-14+. The Labute approximate surface area is 195 Å². The monoisotopic (exact) mass is 454 g/mol. The van der Waals surface area contributed by atoms with Crippen molar-refractivity contribution in [3.63, 3.8) is 0 Å². The number of halogens is 1. The van der Waals surface area contributed by atoms with Crippen molar-refractivity contribution in [1.82, 2.24) is 9.55 Å². The van der Waals surface area contributed by atoms with Gasteiger partial charge >= 0.3 is 5.97 Å². The number of carbonyl (C=O) groups excluding carboxylic acids is 1. The highest BCUT2D eigenvalue weighted by molar-refractivity contribution is 6.31. The summed E-state index contributed by atoms with van der Waals surface area (Å²) in [5.74, 6) is 2.44. The van der Waals surface area contributed by atoms with Crippen LogP contribution in [0.3, 0.4) is 0 Å². The first-order valence-electron chi connectivity index (χ1n) is 11.2. The van der Waals surface area contributed by atoms with Crippen molar-refractivity contribution in [3.05, 3.63) is 81.8 Å². The first kappa shape index (κ1) is 23.9. The molecule has 1 aromatic carbocycles. The Morgan fingerprint density at radius 1 is 1.22 bits per heavy atom. The number of hydrogen-bond donors (Lipinski definition) is 0. The predicted octanol–water partition coefficient (Wildman–Crippen LogP) is 6.41. The summed E-state index contributed by atoms with van der Waals surface area (Å²) >= 11 is 6.45. The molecule has 3 aromatic rings. The Morgan fingerprint density at radius 3 is 2.72 bits per heavy atom. The van der Waals surface area contributed by atoms with E-state index in [4.69, 9.17) is 25.7 Å². The largest absolute Gasteiger partial charge is 0.466 e. The molecule has 0 amide bonds. The number of esters is 1. The third kappa shape index (κ3) is 6.60. The highest BCUT2D eigenvalue weighted by atomic mass is 35.5. The van der Waals surface area contributed by atoms with Crippen molar-refractivity contribution >= 4 is 23.6 Å². The van der Waals surface area contributed by atoms with Gasteiger partial charge in [0.05, 0.1) is 31.5 Å². The van der Waals surface area contributed by atoms with Crippen molar-refractivity contribution < 1.29 is 13.9 Å². The van der Waals surface area contributed by atoms with Crippen molar-refractivity contribution in [2.45, 2.75) is 59.4 Å². The maximum Gasteiger partial charge on any atom is 0.309 e. The molecule has 170 valence electrons. The van der Waals surface area contributed by atoms with Crippen LogP contribution in [0.2, 0.25) is 5.02 Å². The normalized spacial score (nSPS) is 11.7. The molecule has 0 spiro atoms. The number of unbranched alkanes of at least 4 members (excludes halogenated alkanes) is 1. The quantitative estimate of drug-likeness (QED) is 0.314. The lowest BCUT2D eigenvalue weighted by Gasteiger charge is -2.13. The molecule has 0 bridgehead atoms. The van der Waals surface area contributed by atoms with Gasteiger partial charge in [-0.3, -0.25) is 4.79 Å². The average molecular weight is 455 g/mol. The molecule has 3 rings (SSSR count). The smallest absolute Gasteiger partial charge is 0.309 e. The molecular weight excluding hydrogens is 424 g/mol. The number of imidazole rings is 1. The van der Waals surface area contributed by atoms with E-state index in [0.717, 1.165) is 58.5 Å². The van der Waals surface area contributed by atoms with E-state index in [2.05, 4.69) is 11.5 Å². The summed E-state index contributed by atoms with van der Waals surface area (Å²) in [7, 11) is 0. The summed E-state index contributed by atoms with van der Waals surface area (Å²) in [6, 6.07) is 11.7. The molecule has 0 saturated heterocycles. The van der Waals surface area contributed by atoms with Gasteiger partial charge in [0, 0.05) is 17.9 Å². The summed E-state index contributed by atoms with van der Waals surface area (Å²) in [5, 5.41) is 0.732. The van der Waals surface area contributed by atoms with E-state index < -0.39 is 0 Å². The van der Waals surface area contributed by atoms with Gasteiger partial charge in [0.25, 0.3) is 0 Å². The maximum atomic E-state index is 12.3. The number of furan rings is 1. The van der Waals surface area contributed by atoms with Gasteiger partial charge in [-0.25, -0.2) is 4.98 Å². The number of carbonyl (C=O) groups is 1. The molecule has 32 heavy (non-hydrogen) atoms. The summed E-state index contributed by atoms with van der Waals surface area (Å²) < 4.78 is 13.2. The van der Waals surface area contributed by atoms with E-state index in [-0.39, 0.29) is 12.4 Å². The van der Waals surface area contributed by atoms with E-state index in [9.17, 15) is 4.79 Å². The molecule has 0 N–H and O–H groups in total. The van der Waals surface area contributed by atoms with Gasteiger partial charge in [0.1, 0.15) is 17.3 Å². The number of benzene rings is 1. The fourth-order valence-electron chi connectivity index (χ4n) is 3.63. The van der Waals surface area contributed by atoms with Gasteiger partial charge in [-0.1, -0.05) is 43.1 Å². The van der Waals surface area contributed by atoms with E-state index >= 15 is 0 Å². The van der Waals surface area contributed by atoms with E-state index in [1.54, 1.807) is 0 Å². The minimum Gasteiger partial charge on any atom is -0.466 e. The fourth-order valence-corrected chi connectivity index (χ4v) is 3.83. The van der Waals surface area contributed by atoms with Gasteiger partial charge in [0.15, 0.2) is 0 Å². The molecule has 0 fully saturated rings. The Morgan fingerprint density at radius 2 is 2.03 bits per heavy atom. The Hall–Kier alpha value is -2.79. The van der Waals surface area contributed by atoms with E-state index in [1.807, 2.05) is 62.5 Å². The zero-order valence-corrected chi connectivity index (χ0v) is 19.8. The van der Waals surface area contributed by atoms with Gasteiger partial charge in [-0.2, -0.15) is 0 Å². The summed E-state index contributed by atoms with van der Waals surface area (Å²) in [6.07, 6.45) is 7.69. The molecule has 5 nitrogen and oxygen atoms in total. The maximum absolute atomic E-state index is 12.3. The Balaban J connectivity index is 1.97. The highest BCUT2D eigenvalue weighted by Crippen LogP contribution is 2.23. The third-order valence-corrected chi connectivity index (χ3v) is 5.60. The lowest BCUT2D eigenvalue weighted by molar-refractivity contribution is -0.142. The molecule has 0 atom stereocenters. The Kier molecular flexibility index (Phi) is 8.74. The van der Waals surface area contributed by atoms with Crippen LogP contribution in [0.25, 0.3) is 6.08 Å². The van der Waals surface area contributed by atoms with Gasteiger partial charge in [-0.15, -0.1) is 0 Å². The van der Waals surface area contributed by atoms with E-state index in [0.29, 0.717) is 19.6 Å². The number of hydrogen-bond acceptors (Lipinski definition) is 4. The third-order valence-electron chi connectivity index (χ3n) is 5.24. The lowest BCUT2D eigenvalue weighted by atomic mass is 10.1. The van der Waals surface area contributed by atoms with Crippen LogP contribution < -0.4 is 0 Å². The van der Waals surface area contributed by atoms with Crippen molar-refractivity contribution in [1.29, 1.82) is 0 Å². The SMILES string of the molecule is CCCCc1ncc(/C=C(/CC(=O)OCC)Cc2ccc(C)o2)n1Cc1ccccc1Cl. The second kappa shape index (κ2) is 11.7. The highest BCUT2D eigenvalue weighted by Gasteiger charge is 2.15. The van der Waals surface area contributed by atoms with Crippen LogP contribution in [0, 0.1) is 6.92 Å². The summed E-state index contributed by atoms with van der Waals surface area (Å²) in [5.41, 5.74) is 2.90. The number of ether oxygens (including phenoxy) is 1. The lowest BCUT2D eigenvalue weighted by Crippen LogP contribution is -2.09. The van der Waals surface area contributed by atoms with Gasteiger partial charge < -0.3 is 13.7 Å². The van der Waals surface area contributed by atoms with Crippen LogP contribution in [0.5, 0.6) is 0 Å². The first-order chi connectivity index (χ1) is 15.5. The molecule has 0 saturated carbocycles. The van der Waals surface area contributed by atoms with Crippen LogP contribution >= 0.6 is 11.6 Å². The minimum absolute atomic E-state index is 0.204. The fraction of sp³-hybridized carbons (Fsp3) is 0.385. The van der Waals surface area contributed by atoms with E-state index in [1.165, 1.54) is 0 Å². The topological polar surface area (TPSA) is 57.3 Å².